The predicted octanol–water partition coefficient (Wildman–Crippen LogP) is 4.10. The standard InChI is InChI=1S/C26H35N3O6/c1-2-19(23(30)25-28-20-10-6-7-11-21(20)34-25)27-24(31)22(13-12-18-8-4-3-5-9-18)35-26(32)29-14-16-33-17-15-29/h6-7,10-11,18-19,22H,2-5,8-9,12-17H2,1H3,(H,27,31)/t19-,22-/m1/s1. The first-order chi connectivity index (χ1) is 17.0. The van der Waals surface area contributed by atoms with Crippen LogP contribution in [0.3, 0.4) is 0 Å². The molecule has 1 aliphatic carbocycles. The summed E-state index contributed by atoms with van der Waals surface area (Å²) < 4.78 is 16.6. The van der Waals surface area contributed by atoms with Gasteiger partial charge in [0.15, 0.2) is 11.7 Å². The van der Waals surface area contributed by atoms with Crippen molar-refractivity contribution in [1.82, 2.24) is 15.2 Å². The minimum absolute atomic E-state index is 0.0394. The normalized spacial score (nSPS) is 18.7. The van der Waals surface area contributed by atoms with Gasteiger partial charge < -0.3 is 24.1 Å². The Morgan fingerprint density at radius 2 is 1.89 bits per heavy atom. The first kappa shape index (κ1) is 25.2. The molecule has 0 spiro atoms. The van der Waals surface area contributed by atoms with E-state index in [0.29, 0.717) is 56.2 Å². The number of benzene rings is 1. The first-order valence-electron chi connectivity index (χ1n) is 12.8. The molecule has 2 atom stereocenters. The molecule has 2 aliphatic rings. The molecule has 0 unspecified atom stereocenters. The number of ether oxygens (including phenoxy) is 2. The monoisotopic (exact) mass is 485 g/mol. The number of oxazole rings is 1. The second-order valence-corrected chi connectivity index (χ2v) is 9.37. The van der Waals surface area contributed by atoms with Gasteiger partial charge in [-0.25, -0.2) is 9.78 Å². The van der Waals surface area contributed by atoms with Crippen molar-refractivity contribution < 1.29 is 28.3 Å². The van der Waals surface area contributed by atoms with Crippen LogP contribution in [-0.4, -0.2) is 66.1 Å². The Labute approximate surface area is 205 Å². The van der Waals surface area contributed by atoms with Gasteiger partial charge >= 0.3 is 6.09 Å². The Hall–Kier alpha value is -2.94. The van der Waals surface area contributed by atoms with Gasteiger partial charge in [0.1, 0.15) is 5.52 Å². The lowest BCUT2D eigenvalue weighted by molar-refractivity contribution is -0.131. The van der Waals surface area contributed by atoms with Crippen LogP contribution in [0.5, 0.6) is 0 Å². The van der Waals surface area contributed by atoms with Gasteiger partial charge in [-0.05, 0) is 37.3 Å². The lowest BCUT2D eigenvalue weighted by Gasteiger charge is -2.29. The fraction of sp³-hybridized carbons (Fsp3) is 0.615. The number of morpholine rings is 1. The van der Waals surface area contributed by atoms with E-state index >= 15 is 0 Å². The maximum Gasteiger partial charge on any atom is 0.410 e. The number of fused-ring (bicyclic) bond motifs is 1. The Morgan fingerprint density at radius 1 is 1.14 bits per heavy atom. The Bertz CT molecular complexity index is 976. The molecule has 1 saturated heterocycles. The summed E-state index contributed by atoms with van der Waals surface area (Å²) in [6, 6.07) is 6.31. The Balaban J connectivity index is 1.42. The number of hydrogen-bond acceptors (Lipinski definition) is 7. The van der Waals surface area contributed by atoms with Crippen molar-refractivity contribution in [3.63, 3.8) is 0 Å². The summed E-state index contributed by atoms with van der Waals surface area (Å²) in [7, 11) is 0. The molecule has 190 valence electrons. The van der Waals surface area contributed by atoms with Gasteiger partial charge in [-0.1, -0.05) is 51.2 Å². The number of para-hydroxylation sites is 2. The minimum atomic E-state index is -0.960. The van der Waals surface area contributed by atoms with Gasteiger partial charge in [0.25, 0.3) is 11.8 Å². The number of amides is 2. The van der Waals surface area contributed by atoms with Gasteiger partial charge in [-0.3, -0.25) is 9.59 Å². The van der Waals surface area contributed by atoms with E-state index in [9.17, 15) is 14.4 Å². The number of ketones is 1. The zero-order valence-corrected chi connectivity index (χ0v) is 20.4. The highest BCUT2D eigenvalue weighted by atomic mass is 16.6. The predicted molar refractivity (Wildman–Crippen MR) is 129 cm³/mol. The molecule has 9 nitrogen and oxygen atoms in total. The van der Waals surface area contributed by atoms with Gasteiger partial charge in [-0.15, -0.1) is 0 Å². The topological polar surface area (TPSA) is 111 Å². The SMILES string of the molecule is CC[C@@H](NC(=O)[C@@H](CCC1CCCCC1)OC(=O)N1CCOCC1)C(=O)c1nc2ccccc2o1. The van der Waals surface area contributed by atoms with Crippen LogP contribution in [0.2, 0.25) is 0 Å². The van der Waals surface area contributed by atoms with Crippen LogP contribution in [0, 0.1) is 5.92 Å². The van der Waals surface area contributed by atoms with Crippen LogP contribution < -0.4 is 5.32 Å². The summed E-state index contributed by atoms with van der Waals surface area (Å²) in [6.07, 6.45) is 6.05. The van der Waals surface area contributed by atoms with Crippen molar-refractivity contribution >= 4 is 28.9 Å². The maximum atomic E-state index is 13.3. The number of Topliss-reactive ketones (excluding diaryl/α,β-unsaturated/α-hetero) is 1. The molecule has 35 heavy (non-hydrogen) atoms. The van der Waals surface area contributed by atoms with Crippen LogP contribution in [0.25, 0.3) is 11.1 Å². The fourth-order valence-electron chi connectivity index (χ4n) is 4.79. The zero-order chi connectivity index (χ0) is 24.6. The number of aromatic nitrogens is 1. The van der Waals surface area contributed by atoms with E-state index in [2.05, 4.69) is 10.3 Å². The highest BCUT2D eigenvalue weighted by Gasteiger charge is 2.32. The number of hydrogen-bond donors (Lipinski definition) is 1. The molecule has 2 heterocycles. The maximum absolute atomic E-state index is 13.3. The molecule has 4 rings (SSSR count). The molecule has 2 amide bonds. The van der Waals surface area contributed by atoms with Gasteiger partial charge in [0.05, 0.1) is 19.3 Å². The Morgan fingerprint density at radius 3 is 2.60 bits per heavy atom. The first-order valence-corrected chi connectivity index (χ1v) is 12.8. The van der Waals surface area contributed by atoms with E-state index in [1.54, 1.807) is 23.1 Å². The third kappa shape index (κ3) is 6.60. The fourth-order valence-corrected chi connectivity index (χ4v) is 4.79. The molecule has 2 fully saturated rings. The molecular formula is C26H35N3O6. The number of nitrogens with zero attached hydrogens (tertiary/aromatic N) is 2. The molecule has 1 aromatic carbocycles. The summed E-state index contributed by atoms with van der Waals surface area (Å²) in [5, 5.41) is 2.80. The zero-order valence-electron chi connectivity index (χ0n) is 20.4. The van der Waals surface area contributed by atoms with Gasteiger partial charge in [-0.2, -0.15) is 0 Å². The minimum Gasteiger partial charge on any atom is -0.436 e. The smallest absolute Gasteiger partial charge is 0.410 e. The molecule has 1 aliphatic heterocycles. The van der Waals surface area contributed by atoms with Crippen LogP contribution in [0.15, 0.2) is 28.7 Å². The van der Waals surface area contributed by atoms with E-state index in [1.165, 1.54) is 19.3 Å². The highest BCUT2D eigenvalue weighted by Crippen LogP contribution is 2.28. The number of carbonyl (C=O) groups is 3. The van der Waals surface area contributed by atoms with Crippen molar-refractivity contribution in [2.75, 3.05) is 26.3 Å². The van der Waals surface area contributed by atoms with Crippen LogP contribution in [0.1, 0.15) is 69.0 Å². The molecule has 1 saturated carbocycles. The third-order valence-corrected chi connectivity index (χ3v) is 6.91. The average Bonchev–Trinajstić information content (AvgIpc) is 3.34. The van der Waals surface area contributed by atoms with Crippen molar-refractivity contribution in [1.29, 1.82) is 0 Å². The molecule has 9 heteroatoms. The summed E-state index contributed by atoms with van der Waals surface area (Å²) in [6.45, 7) is 3.57. The summed E-state index contributed by atoms with van der Waals surface area (Å²) in [5.41, 5.74) is 1.10. The van der Waals surface area contributed by atoms with E-state index in [4.69, 9.17) is 13.9 Å². The molecule has 1 aromatic heterocycles. The number of rotatable bonds is 9. The lowest BCUT2D eigenvalue weighted by atomic mass is 9.85. The van der Waals surface area contributed by atoms with Crippen molar-refractivity contribution in [3.8, 4) is 0 Å². The molecular weight excluding hydrogens is 450 g/mol. The summed E-state index contributed by atoms with van der Waals surface area (Å²) in [5.74, 6) is -0.367. The van der Waals surface area contributed by atoms with E-state index in [-0.39, 0.29) is 5.89 Å². The number of carbonyl (C=O) groups excluding carboxylic acids is 3. The molecule has 2 aromatic rings. The summed E-state index contributed by atoms with van der Waals surface area (Å²) in [4.78, 5) is 44.9. The van der Waals surface area contributed by atoms with Gasteiger partial charge in [0, 0.05) is 13.1 Å². The van der Waals surface area contributed by atoms with Crippen LogP contribution in [-0.2, 0) is 14.3 Å². The second-order valence-electron chi connectivity index (χ2n) is 9.37. The summed E-state index contributed by atoms with van der Waals surface area (Å²) >= 11 is 0. The molecule has 1 N–H and O–H groups in total. The lowest BCUT2D eigenvalue weighted by Crippen LogP contribution is -2.49. The largest absolute Gasteiger partial charge is 0.436 e. The third-order valence-electron chi connectivity index (χ3n) is 6.91. The van der Waals surface area contributed by atoms with E-state index in [1.807, 2.05) is 13.0 Å². The number of nitrogens with one attached hydrogen (secondary N) is 1. The Kier molecular flexibility index (Phi) is 8.74. The average molecular weight is 486 g/mol. The van der Waals surface area contributed by atoms with Crippen LogP contribution >= 0.6 is 0 Å². The van der Waals surface area contributed by atoms with Crippen LogP contribution in [0.4, 0.5) is 4.79 Å². The molecule has 0 radical (unpaired) electrons. The van der Waals surface area contributed by atoms with Crippen molar-refractivity contribution in [2.45, 2.75) is 70.4 Å². The van der Waals surface area contributed by atoms with Gasteiger partial charge in [0.2, 0.25) is 5.78 Å². The quantitative estimate of drug-likeness (QED) is 0.532. The van der Waals surface area contributed by atoms with E-state index < -0.39 is 29.9 Å². The van der Waals surface area contributed by atoms with E-state index in [0.717, 1.165) is 19.3 Å². The van der Waals surface area contributed by atoms with Crippen molar-refractivity contribution in [3.05, 3.63) is 30.2 Å². The highest BCUT2D eigenvalue weighted by molar-refractivity contribution is 6.00. The molecule has 0 bridgehead atoms. The van der Waals surface area contributed by atoms with Crippen molar-refractivity contribution in [2.24, 2.45) is 5.92 Å². The second kappa shape index (κ2) is 12.2.